The van der Waals surface area contributed by atoms with Gasteiger partial charge in [-0.25, -0.2) is 14.2 Å². The largest absolute Gasteiger partial charge is 0.483 e. The molecule has 0 bridgehead atoms. The van der Waals surface area contributed by atoms with Crippen molar-refractivity contribution in [1.82, 2.24) is 34.7 Å². The van der Waals surface area contributed by atoms with E-state index in [1.807, 2.05) is 0 Å². The fraction of sp³-hybridized carbons (Fsp3) is 0.577. The van der Waals surface area contributed by atoms with E-state index in [0.29, 0.717) is 22.8 Å². The molecular formula is C26H35ClFN9O3. The molecule has 3 aromatic rings. The highest BCUT2D eigenvalue weighted by molar-refractivity contribution is 6.32. The molecule has 4 heterocycles. The molecule has 40 heavy (non-hydrogen) atoms. The maximum absolute atomic E-state index is 15.3. The Hall–Kier alpha value is -3.29. The Morgan fingerprint density at radius 2 is 2.00 bits per heavy atom. The van der Waals surface area contributed by atoms with Crippen LogP contribution in [0.25, 0.3) is 5.69 Å². The lowest BCUT2D eigenvalue weighted by molar-refractivity contribution is 0.0408. The van der Waals surface area contributed by atoms with Crippen LogP contribution < -0.4 is 21.1 Å². The van der Waals surface area contributed by atoms with Crippen LogP contribution in [0, 0.1) is 11.7 Å². The van der Waals surface area contributed by atoms with Gasteiger partial charge in [-0.15, -0.1) is 0 Å². The summed E-state index contributed by atoms with van der Waals surface area (Å²) >= 11 is 6.41. The van der Waals surface area contributed by atoms with Gasteiger partial charge >= 0.3 is 5.69 Å². The van der Waals surface area contributed by atoms with Gasteiger partial charge in [-0.1, -0.05) is 18.0 Å². The van der Waals surface area contributed by atoms with Crippen molar-refractivity contribution in [2.24, 2.45) is 13.0 Å². The number of hydrogen-bond acceptors (Lipinski definition) is 10. The maximum atomic E-state index is 15.3. The van der Waals surface area contributed by atoms with Gasteiger partial charge in [0.2, 0.25) is 5.95 Å². The third-order valence-corrected chi connectivity index (χ3v) is 7.79. The average Bonchev–Trinajstić information content (AvgIpc) is 3.27. The quantitative estimate of drug-likeness (QED) is 0.349. The van der Waals surface area contributed by atoms with Gasteiger partial charge in [-0.2, -0.15) is 14.3 Å². The molecule has 2 atom stereocenters. The minimum atomic E-state index is -1.05. The Bertz CT molecular complexity index is 1410. The fourth-order valence-corrected chi connectivity index (χ4v) is 5.55. The number of aliphatic hydroxyl groups is 1. The first-order valence-corrected chi connectivity index (χ1v) is 13.9. The van der Waals surface area contributed by atoms with E-state index < -0.39 is 17.1 Å². The Morgan fingerprint density at radius 1 is 1.20 bits per heavy atom. The second-order valence-electron chi connectivity index (χ2n) is 11.0. The van der Waals surface area contributed by atoms with E-state index in [0.717, 1.165) is 28.4 Å². The predicted molar refractivity (Wildman–Crippen MR) is 149 cm³/mol. The van der Waals surface area contributed by atoms with Crippen LogP contribution in [-0.4, -0.2) is 77.6 Å². The van der Waals surface area contributed by atoms with Gasteiger partial charge in [0.1, 0.15) is 22.1 Å². The summed E-state index contributed by atoms with van der Waals surface area (Å²) in [5.41, 5.74) is -1.49. The predicted octanol–water partition coefficient (Wildman–Crippen LogP) is 3.12. The number of nitrogens with zero attached hydrogens (tertiary/aromatic N) is 7. The van der Waals surface area contributed by atoms with Crippen LogP contribution in [-0.2, 0) is 7.05 Å². The Morgan fingerprint density at radius 3 is 2.75 bits per heavy atom. The van der Waals surface area contributed by atoms with E-state index in [2.05, 4.69) is 35.9 Å². The highest BCUT2D eigenvalue weighted by atomic mass is 35.5. The molecule has 2 unspecified atom stereocenters. The normalized spacial score (nSPS) is 19.8. The van der Waals surface area contributed by atoms with E-state index in [-0.39, 0.29) is 29.7 Å². The van der Waals surface area contributed by atoms with Crippen LogP contribution >= 0.6 is 11.6 Å². The lowest BCUT2D eigenvalue weighted by Crippen LogP contribution is -2.49. The molecule has 0 aliphatic carbocycles. The molecule has 12 nitrogen and oxygen atoms in total. The molecular weight excluding hydrogens is 541 g/mol. The third kappa shape index (κ3) is 6.06. The summed E-state index contributed by atoms with van der Waals surface area (Å²) in [4.78, 5) is 23.9. The molecule has 2 aliphatic heterocycles. The average molecular weight is 576 g/mol. The van der Waals surface area contributed by atoms with E-state index in [1.165, 1.54) is 58.1 Å². The topological polar surface area (TPSA) is 135 Å². The number of fused-ring (bicyclic) bond motifs is 1. The summed E-state index contributed by atoms with van der Waals surface area (Å²) in [5, 5.41) is 23.9. The second kappa shape index (κ2) is 11.7. The van der Waals surface area contributed by atoms with Crippen molar-refractivity contribution in [3.05, 3.63) is 39.7 Å². The number of nitrogens with one attached hydrogen (secondary N) is 2. The molecule has 3 N–H and O–H groups in total. The molecule has 5 rings (SSSR count). The zero-order valence-electron chi connectivity index (χ0n) is 22.9. The number of aromatic nitrogens is 6. The molecule has 0 amide bonds. The minimum Gasteiger partial charge on any atom is -0.483 e. The number of benzene rings is 1. The molecule has 0 saturated carbocycles. The number of tetrazole rings is 1. The van der Waals surface area contributed by atoms with Gasteiger partial charge < -0.3 is 25.4 Å². The lowest BCUT2D eigenvalue weighted by atomic mass is 9.83. The van der Waals surface area contributed by atoms with Crippen molar-refractivity contribution in [3.63, 3.8) is 0 Å². The van der Waals surface area contributed by atoms with Gasteiger partial charge in [0.25, 0.3) is 0 Å². The first-order chi connectivity index (χ1) is 19.1. The first kappa shape index (κ1) is 28.2. The third-order valence-electron chi connectivity index (χ3n) is 7.52. The van der Waals surface area contributed by atoms with Gasteiger partial charge in [0.15, 0.2) is 11.6 Å². The van der Waals surface area contributed by atoms with Crippen LogP contribution in [0.1, 0.15) is 46.0 Å². The highest BCUT2D eigenvalue weighted by Crippen LogP contribution is 2.34. The van der Waals surface area contributed by atoms with Crippen LogP contribution in [0.15, 0.2) is 23.1 Å². The van der Waals surface area contributed by atoms with E-state index >= 15 is 4.39 Å². The smallest absolute Gasteiger partial charge is 0.368 e. The number of aryl methyl sites for hydroxylation is 1. The summed E-state index contributed by atoms with van der Waals surface area (Å²) in [7, 11) is 1.45. The van der Waals surface area contributed by atoms with Crippen molar-refractivity contribution < 1.29 is 14.2 Å². The number of hydrogen-bond donors (Lipinski definition) is 3. The van der Waals surface area contributed by atoms with E-state index in [1.54, 1.807) is 13.8 Å². The minimum absolute atomic E-state index is 0.00770. The van der Waals surface area contributed by atoms with Crippen molar-refractivity contribution in [1.29, 1.82) is 0 Å². The summed E-state index contributed by atoms with van der Waals surface area (Å²) in [5.74, 6) is 0.404. The standard InChI is InChI=1S/C26H35ClFN9O3/c1-26(2,15-38)40-22-11-18(28)19(12-21(22)37-25(39)35(3)33-34-37)31-24-30-14-17(27)23(32-24)29-13-16-7-6-10-36-9-5-4-8-20(16)36/h11-12,14,16,20,38H,4-10,13,15H2,1-3H3,(H2,29,30,31,32). The van der Waals surface area contributed by atoms with E-state index in [9.17, 15) is 9.90 Å². The molecule has 2 aliphatic rings. The number of halogens is 2. The molecule has 0 radical (unpaired) electrons. The monoisotopic (exact) mass is 575 g/mol. The lowest BCUT2D eigenvalue weighted by Gasteiger charge is -2.44. The molecule has 2 aromatic heterocycles. The van der Waals surface area contributed by atoms with Gasteiger partial charge in [0.05, 0.1) is 18.5 Å². The van der Waals surface area contributed by atoms with Gasteiger partial charge in [0, 0.05) is 25.7 Å². The SMILES string of the molecule is Cn1nnn(-c2cc(Nc3ncc(Cl)c(NCC4CCCN5CCCCC45)n3)c(F)cc2OC(C)(C)CO)c1=O. The van der Waals surface area contributed by atoms with Crippen LogP contribution in [0.5, 0.6) is 5.75 Å². The van der Waals surface area contributed by atoms with Crippen LogP contribution in [0.3, 0.4) is 0 Å². The van der Waals surface area contributed by atoms with Crippen molar-refractivity contribution >= 4 is 29.1 Å². The molecule has 2 fully saturated rings. The number of anilines is 3. The number of rotatable bonds is 9. The summed E-state index contributed by atoms with van der Waals surface area (Å²) in [6.45, 7) is 6.00. The zero-order valence-corrected chi connectivity index (χ0v) is 23.7. The number of ether oxygens (including phenoxy) is 1. The number of piperidine rings is 2. The molecule has 0 spiro atoms. The van der Waals surface area contributed by atoms with E-state index in [4.69, 9.17) is 16.3 Å². The first-order valence-electron chi connectivity index (χ1n) is 13.6. The van der Waals surface area contributed by atoms with Crippen molar-refractivity contribution in [2.45, 2.75) is 57.6 Å². The van der Waals surface area contributed by atoms with Crippen LogP contribution in [0.4, 0.5) is 21.8 Å². The molecule has 2 saturated heterocycles. The van der Waals surface area contributed by atoms with Gasteiger partial charge in [-0.05, 0) is 75.0 Å². The summed E-state index contributed by atoms with van der Waals surface area (Å²) < 4.78 is 23.2. The summed E-state index contributed by atoms with van der Waals surface area (Å²) in [6, 6.07) is 3.05. The fourth-order valence-electron chi connectivity index (χ4n) is 5.40. The van der Waals surface area contributed by atoms with Crippen LogP contribution in [0.2, 0.25) is 5.02 Å². The van der Waals surface area contributed by atoms with Crippen molar-refractivity contribution in [2.75, 3.05) is 36.9 Å². The van der Waals surface area contributed by atoms with Crippen molar-refractivity contribution in [3.8, 4) is 11.4 Å². The Balaban J connectivity index is 1.39. The molecule has 14 heteroatoms. The van der Waals surface area contributed by atoms with Gasteiger partial charge in [-0.3, -0.25) is 0 Å². The molecule has 216 valence electrons. The maximum Gasteiger partial charge on any atom is 0.368 e. The highest BCUT2D eigenvalue weighted by Gasteiger charge is 2.33. The Labute approximate surface area is 236 Å². The number of aliphatic hydroxyl groups excluding tert-OH is 1. The zero-order chi connectivity index (χ0) is 28.4. The Kier molecular flexibility index (Phi) is 8.24. The molecule has 1 aromatic carbocycles. The summed E-state index contributed by atoms with van der Waals surface area (Å²) in [6.07, 6.45) is 7.52. The second-order valence-corrected chi connectivity index (χ2v) is 11.4.